The molecule has 1 nitrogen and oxygen atoms in total. The van der Waals surface area contributed by atoms with Crippen molar-refractivity contribution in [3.8, 4) is 0 Å². The Hall–Kier alpha value is -0.890. The molecule has 0 fully saturated rings. The molecule has 1 aromatic rings. The lowest BCUT2D eigenvalue weighted by Gasteiger charge is -2.19. The van der Waals surface area contributed by atoms with Crippen molar-refractivity contribution in [1.82, 2.24) is 0 Å². The molecule has 0 saturated heterocycles. The molecule has 1 aromatic carbocycles. The molecule has 0 aliphatic carbocycles. The zero-order valence-corrected chi connectivity index (χ0v) is 11.2. The predicted molar refractivity (Wildman–Crippen MR) is 71.4 cm³/mol. The van der Waals surface area contributed by atoms with Crippen LogP contribution in [-0.4, -0.2) is 6.04 Å². The van der Waals surface area contributed by atoms with Gasteiger partial charge in [-0.05, 0) is 42.4 Å². The fraction of sp³-hybridized carbons (Fsp3) is 0.600. The molecular formula is C15H24FN. The Labute approximate surface area is 104 Å². The van der Waals surface area contributed by atoms with E-state index in [0.717, 1.165) is 24.8 Å². The van der Waals surface area contributed by atoms with E-state index >= 15 is 0 Å². The summed E-state index contributed by atoms with van der Waals surface area (Å²) in [6.45, 7) is 6.75. The van der Waals surface area contributed by atoms with Crippen LogP contribution in [-0.2, 0) is 6.42 Å². The zero-order valence-electron chi connectivity index (χ0n) is 11.2. The van der Waals surface area contributed by atoms with Gasteiger partial charge in [0.25, 0.3) is 0 Å². The molecule has 0 aliphatic rings. The molecule has 0 aromatic heterocycles. The van der Waals surface area contributed by atoms with E-state index in [2.05, 4.69) is 20.8 Å². The highest BCUT2D eigenvalue weighted by molar-refractivity contribution is 5.17. The van der Waals surface area contributed by atoms with E-state index in [0.29, 0.717) is 5.41 Å². The molecule has 17 heavy (non-hydrogen) atoms. The first-order chi connectivity index (χ1) is 7.87. The summed E-state index contributed by atoms with van der Waals surface area (Å²) in [7, 11) is 0. The van der Waals surface area contributed by atoms with Crippen LogP contribution in [0, 0.1) is 11.2 Å². The van der Waals surface area contributed by atoms with Gasteiger partial charge in [-0.1, -0.05) is 39.3 Å². The van der Waals surface area contributed by atoms with Crippen molar-refractivity contribution in [3.63, 3.8) is 0 Å². The Bertz CT molecular complexity index is 324. The molecule has 1 rings (SSSR count). The van der Waals surface area contributed by atoms with Crippen molar-refractivity contribution in [2.45, 2.75) is 52.5 Å². The third-order valence-electron chi connectivity index (χ3n) is 2.91. The van der Waals surface area contributed by atoms with Gasteiger partial charge in [-0.3, -0.25) is 0 Å². The van der Waals surface area contributed by atoms with Gasteiger partial charge < -0.3 is 5.73 Å². The van der Waals surface area contributed by atoms with Gasteiger partial charge in [-0.25, -0.2) is 4.39 Å². The Morgan fingerprint density at radius 3 is 2.29 bits per heavy atom. The predicted octanol–water partition coefficient (Wildman–Crippen LogP) is 3.91. The zero-order chi connectivity index (χ0) is 12.9. The molecule has 0 spiro atoms. The maximum atomic E-state index is 12.7. The maximum Gasteiger partial charge on any atom is 0.123 e. The van der Waals surface area contributed by atoms with Crippen molar-refractivity contribution in [3.05, 3.63) is 35.6 Å². The van der Waals surface area contributed by atoms with Crippen molar-refractivity contribution < 1.29 is 4.39 Å². The number of hydrogen-bond acceptors (Lipinski definition) is 1. The van der Waals surface area contributed by atoms with Gasteiger partial charge in [0, 0.05) is 6.04 Å². The third kappa shape index (κ3) is 6.42. The summed E-state index contributed by atoms with van der Waals surface area (Å²) >= 11 is 0. The second-order valence-corrected chi connectivity index (χ2v) is 6.04. The van der Waals surface area contributed by atoms with Crippen LogP contribution < -0.4 is 5.73 Å². The molecule has 1 atom stereocenters. The van der Waals surface area contributed by atoms with E-state index in [1.165, 1.54) is 18.6 Å². The standard InChI is InChI=1S/C15H24FN/c1-15(2,3)10-4-5-14(17)11-12-6-8-13(16)9-7-12/h6-9,14H,4-5,10-11,17H2,1-3H3. The van der Waals surface area contributed by atoms with Gasteiger partial charge in [0.05, 0.1) is 0 Å². The Balaban J connectivity index is 2.30. The highest BCUT2D eigenvalue weighted by Gasteiger charge is 2.11. The number of nitrogens with two attached hydrogens (primary N) is 1. The van der Waals surface area contributed by atoms with Gasteiger partial charge in [0.2, 0.25) is 0 Å². The minimum atomic E-state index is -0.185. The average molecular weight is 237 g/mol. The lowest BCUT2D eigenvalue weighted by molar-refractivity contribution is 0.352. The first-order valence-corrected chi connectivity index (χ1v) is 6.37. The fourth-order valence-electron chi connectivity index (χ4n) is 1.92. The number of halogens is 1. The normalized spacial score (nSPS) is 13.7. The van der Waals surface area contributed by atoms with Gasteiger partial charge in [-0.15, -0.1) is 0 Å². The smallest absolute Gasteiger partial charge is 0.123 e. The SMILES string of the molecule is CC(C)(C)CCCC(N)Cc1ccc(F)cc1. The molecule has 0 heterocycles. The summed E-state index contributed by atoms with van der Waals surface area (Å²) in [5.41, 5.74) is 7.58. The first kappa shape index (κ1) is 14.2. The molecule has 0 aliphatic heterocycles. The van der Waals surface area contributed by atoms with Gasteiger partial charge in [0.15, 0.2) is 0 Å². The number of hydrogen-bond donors (Lipinski definition) is 1. The van der Waals surface area contributed by atoms with E-state index in [9.17, 15) is 4.39 Å². The number of rotatable bonds is 5. The summed E-state index contributed by atoms with van der Waals surface area (Å²) in [6, 6.07) is 6.81. The minimum Gasteiger partial charge on any atom is -0.327 e. The second-order valence-electron chi connectivity index (χ2n) is 6.04. The lowest BCUT2D eigenvalue weighted by Crippen LogP contribution is -2.23. The largest absolute Gasteiger partial charge is 0.327 e. The molecule has 0 amide bonds. The molecule has 96 valence electrons. The van der Waals surface area contributed by atoms with Crippen LogP contribution in [0.5, 0.6) is 0 Å². The maximum absolute atomic E-state index is 12.7. The lowest BCUT2D eigenvalue weighted by atomic mass is 9.88. The Morgan fingerprint density at radius 1 is 1.18 bits per heavy atom. The van der Waals surface area contributed by atoms with E-state index < -0.39 is 0 Å². The van der Waals surface area contributed by atoms with Gasteiger partial charge in [-0.2, -0.15) is 0 Å². The quantitative estimate of drug-likeness (QED) is 0.825. The monoisotopic (exact) mass is 237 g/mol. The Morgan fingerprint density at radius 2 is 1.76 bits per heavy atom. The highest BCUT2D eigenvalue weighted by atomic mass is 19.1. The van der Waals surface area contributed by atoms with Crippen LogP contribution >= 0.6 is 0 Å². The van der Waals surface area contributed by atoms with Crippen LogP contribution in [0.15, 0.2) is 24.3 Å². The fourth-order valence-corrected chi connectivity index (χ4v) is 1.92. The molecular weight excluding hydrogens is 213 g/mol. The van der Waals surface area contributed by atoms with E-state index in [-0.39, 0.29) is 11.9 Å². The van der Waals surface area contributed by atoms with Crippen LogP contribution in [0.1, 0.15) is 45.6 Å². The van der Waals surface area contributed by atoms with Crippen molar-refractivity contribution in [1.29, 1.82) is 0 Å². The van der Waals surface area contributed by atoms with Crippen LogP contribution in [0.4, 0.5) is 4.39 Å². The molecule has 0 bridgehead atoms. The third-order valence-corrected chi connectivity index (χ3v) is 2.91. The van der Waals surface area contributed by atoms with Crippen LogP contribution in [0.3, 0.4) is 0 Å². The second kappa shape index (κ2) is 6.15. The summed E-state index contributed by atoms with van der Waals surface area (Å²) in [5.74, 6) is -0.185. The van der Waals surface area contributed by atoms with Crippen molar-refractivity contribution in [2.24, 2.45) is 11.1 Å². The molecule has 2 N–H and O–H groups in total. The Kier molecular flexibility index (Phi) is 5.13. The topological polar surface area (TPSA) is 26.0 Å². The van der Waals surface area contributed by atoms with Crippen molar-refractivity contribution in [2.75, 3.05) is 0 Å². The van der Waals surface area contributed by atoms with Crippen LogP contribution in [0.25, 0.3) is 0 Å². The average Bonchev–Trinajstić information content (AvgIpc) is 2.19. The van der Waals surface area contributed by atoms with E-state index in [1.54, 1.807) is 0 Å². The summed E-state index contributed by atoms with van der Waals surface area (Å²) in [5, 5.41) is 0. The van der Waals surface area contributed by atoms with E-state index in [1.807, 2.05) is 12.1 Å². The highest BCUT2D eigenvalue weighted by Crippen LogP contribution is 2.22. The minimum absolute atomic E-state index is 0.183. The molecule has 0 saturated carbocycles. The van der Waals surface area contributed by atoms with Gasteiger partial charge in [0.1, 0.15) is 5.82 Å². The van der Waals surface area contributed by atoms with E-state index in [4.69, 9.17) is 5.73 Å². The summed E-state index contributed by atoms with van der Waals surface area (Å²) < 4.78 is 12.7. The molecule has 2 heteroatoms. The summed E-state index contributed by atoms with van der Waals surface area (Å²) in [4.78, 5) is 0. The first-order valence-electron chi connectivity index (χ1n) is 6.37. The van der Waals surface area contributed by atoms with Crippen LogP contribution in [0.2, 0.25) is 0 Å². The number of benzene rings is 1. The van der Waals surface area contributed by atoms with Crippen molar-refractivity contribution >= 4 is 0 Å². The summed E-state index contributed by atoms with van der Waals surface area (Å²) in [6.07, 6.45) is 4.23. The molecule has 0 radical (unpaired) electrons. The molecule has 1 unspecified atom stereocenters. The van der Waals surface area contributed by atoms with Gasteiger partial charge >= 0.3 is 0 Å².